The number of halogens is 7. The molecule has 1 aromatic carbocycles. The van der Waals surface area contributed by atoms with Gasteiger partial charge in [-0.15, -0.1) is 0 Å². The van der Waals surface area contributed by atoms with Crippen LogP contribution in [0.1, 0.15) is 17.5 Å². The number of rotatable bonds is 5. The van der Waals surface area contributed by atoms with Crippen molar-refractivity contribution in [2.75, 3.05) is 6.61 Å². The number of alkyl halides is 6. The Morgan fingerprint density at radius 2 is 1.87 bits per heavy atom. The van der Waals surface area contributed by atoms with Crippen LogP contribution in [0.3, 0.4) is 0 Å². The van der Waals surface area contributed by atoms with Crippen molar-refractivity contribution >= 4 is 23.2 Å². The Bertz CT molecular complexity index is 1580. The number of hydrogen-bond donors (Lipinski definition) is 3. The first-order chi connectivity index (χ1) is 18.1. The summed E-state index contributed by atoms with van der Waals surface area (Å²) in [7, 11) is 0. The van der Waals surface area contributed by atoms with Crippen molar-refractivity contribution in [3.05, 3.63) is 52.8 Å². The van der Waals surface area contributed by atoms with Crippen LogP contribution >= 0.6 is 11.6 Å². The van der Waals surface area contributed by atoms with E-state index in [2.05, 4.69) is 20.4 Å². The number of amides is 1. The molecule has 1 aliphatic heterocycles. The van der Waals surface area contributed by atoms with Gasteiger partial charge in [-0.3, -0.25) is 4.79 Å². The van der Waals surface area contributed by atoms with E-state index in [9.17, 15) is 41.4 Å². The van der Waals surface area contributed by atoms with Crippen LogP contribution in [-0.2, 0) is 17.1 Å². The number of carbonyl (C=O) groups excluding carboxylic acids is 1. The molecule has 0 spiro atoms. The van der Waals surface area contributed by atoms with Crippen molar-refractivity contribution in [1.82, 2.24) is 24.8 Å². The van der Waals surface area contributed by atoms with E-state index in [0.29, 0.717) is 12.1 Å². The number of benzene rings is 1. The van der Waals surface area contributed by atoms with E-state index < -0.39 is 60.0 Å². The van der Waals surface area contributed by atoms with Crippen LogP contribution in [0.2, 0.25) is 5.02 Å². The van der Waals surface area contributed by atoms with Crippen molar-refractivity contribution in [3.8, 4) is 28.7 Å². The fraction of sp³-hybridized carbons (Fsp3) is 0.273. The number of fused-ring (bicyclic) bond motifs is 1. The first-order valence-corrected chi connectivity index (χ1v) is 11.2. The van der Waals surface area contributed by atoms with E-state index in [1.807, 2.05) is 0 Å². The summed E-state index contributed by atoms with van der Waals surface area (Å²) in [5.74, 6) is -4.92. The normalized spacial score (nSPS) is 17.6. The fourth-order valence-electron chi connectivity index (χ4n) is 3.86. The third-order valence-electron chi connectivity index (χ3n) is 5.69. The third kappa shape index (κ3) is 5.22. The molecule has 10 nitrogen and oxygen atoms in total. The molecular formula is C22H14ClF6N5O5. The van der Waals surface area contributed by atoms with Gasteiger partial charge in [-0.25, -0.2) is 4.98 Å². The van der Waals surface area contributed by atoms with Gasteiger partial charge >= 0.3 is 12.4 Å². The molecule has 3 aromatic heterocycles. The summed E-state index contributed by atoms with van der Waals surface area (Å²) in [4.78, 5) is 19.5. The minimum Gasteiger partial charge on any atom is -0.491 e. The Hall–Kier alpha value is -3.89. The van der Waals surface area contributed by atoms with E-state index in [0.717, 1.165) is 22.9 Å². The highest BCUT2D eigenvalue weighted by Crippen LogP contribution is 2.39. The van der Waals surface area contributed by atoms with Gasteiger partial charge in [0.25, 0.3) is 11.8 Å². The third-order valence-corrected chi connectivity index (χ3v) is 5.97. The Kier molecular flexibility index (Phi) is 6.23. The second kappa shape index (κ2) is 9.10. The average molecular weight is 578 g/mol. The number of imidazole rings is 1. The zero-order valence-corrected chi connectivity index (χ0v) is 19.8. The Balaban J connectivity index is 1.41. The molecule has 39 heavy (non-hydrogen) atoms. The highest BCUT2D eigenvalue weighted by molar-refractivity contribution is 6.33. The van der Waals surface area contributed by atoms with Gasteiger partial charge in [-0.05, 0) is 24.3 Å². The van der Waals surface area contributed by atoms with Gasteiger partial charge in [0.05, 0.1) is 22.2 Å². The lowest BCUT2D eigenvalue weighted by atomic mass is 10.1. The number of pyridine rings is 1. The monoisotopic (exact) mass is 577 g/mol. The zero-order chi connectivity index (χ0) is 28.3. The molecule has 0 bridgehead atoms. The van der Waals surface area contributed by atoms with Gasteiger partial charge in [-0.2, -0.15) is 31.3 Å². The fourth-order valence-corrected chi connectivity index (χ4v) is 4.11. The summed E-state index contributed by atoms with van der Waals surface area (Å²) in [5.41, 5.74) is -2.50. The molecule has 1 unspecified atom stereocenters. The highest BCUT2D eigenvalue weighted by atomic mass is 35.5. The summed E-state index contributed by atoms with van der Waals surface area (Å²) in [6.45, 7) is -0.476. The molecule has 0 aliphatic carbocycles. The van der Waals surface area contributed by atoms with Gasteiger partial charge in [0, 0.05) is 24.4 Å². The lowest BCUT2D eigenvalue weighted by Crippen LogP contribution is -2.37. The van der Waals surface area contributed by atoms with Crippen LogP contribution in [0.25, 0.3) is 28.6 Å². The molecule has 0 saturated carbocycles. The van der Waals surface area contributed by atoms with Gasteiger partial charge in [0.2, 0.25) is 11.6 Å². The number of carbonyl (C=O) groups is 1. The lowest BCUT2D eigenvalue weighted by Gasteiger charge is -2.17. The summed E-state index contributed by atoms with van der Waals surface area (Å²) >= 11 is 5.92. The smallest absolute Gasteiger partial charge is 0.419 e. The highest BCUT2D eigenvalue weighted by Gasteiger charge is 2.44. The molecule has 1 saturated heterocycles. The molecule has 0 radical (unpaired) electrons. The van der Waals surface area contributed by atoms with E-state index >= 15 is 0 Å². The molecule has 3 N–H and O–H groups in total. The Labute approximate surface area is 217 Å². The standard InChI is InChI=1S/C22H14ClF6N5O5/c23-13-4-10(21(24,25)26)6-34-7-14(31-17(13)34)18-32-16(33-39-18)9-1-2-15(12(3-9)22(27,28)29)38-8-11-5-20(36,37)19(35)30-11/h1-4,6-7,11,36-37H,5,8H2,(H,30,35). The summed E-state index contributed by atoms with van der Waals surface area (Å²) in [6.07, 6.45) is -8.15. The Morgan fingerprint density at radius 3 is 2.51 bits per heavy atom. The topological polar surface area (TPSA) is 135 Å². The number of aliphatic hydroxyl groups is 2. The molecule has 5 rings (SSSR count). The van der Waals surface area contributed by atoms with Crippen molar-refractivity contribution in [3.63, 3.8) is 0 Å². The van der Waals surface area contributed by atoms with Gasteiger partial charge in [-0.1, -0.05) is 16.8 Å². The number of ether oxygens (including phenoxy) is 1. The SMILES string of the molecule is O=C1NC(COc2ccc(-c3noc(-c4cn5cc(C(F)(F)F)cc(Cl)c5n4)n3)cc2C(F)(F)F)CC1(O)O. The van der Waals surface area contributed by atoms with Crippen molar-refractivity contribution in [1.29, 1.82) is 0 Å². The van der Waals surface area contributed by atoms with Crippen LogP contribution in [0.4, 0.5) is 26.3 Å². The number of nitrogens with zero attached hydrogens (tertiary/aromatic N) is 4. The van der Waals surface area contributed by atoms with E-state index in [-0.39, 0.29) is 33.6 Å². The number of aromatic nitrogens is 4. The zero-order valence-electron chi connectivity index (χ0n) is 19.0. The average Bonchev–Trinajstić information content (AvgIpc) is 3.54. The molecule has 206 valence electrons. The van der Waals surface area contributed by atoms with Crippen LogP contribution in [0.15, 0.2) is 41.2 Å². The van der Waals surface area contributed by atoms with Crippen LogP contribution < -0.4 is 10.1 Å². The summed E-state index contributed by atoms with van der Waals surface area (Å²) in [5, 5.41) is 24.5. The summed E-state index contributed by atoms with van der Waals surface area (Å²) < 4.78 is 91.8. The minimum atomic E-state index is -4.89. The van der Waals surface area contributed by atoms with E-state index in [1.54, 1.807) is 0 Å². The second-order valence-electron chi connectivity index (χ2n) is 8.57. The van der Waals surface area contributed by atoms with Crippen LogP contribution in [0.5, 0.6) is 5.75 Å². The molecule has 1 amide bonds. The minimum absolute atomic E-state index is 0.0432. The van der Waals surface area contributed by atoms with Crippen molar-refractivity contribution in [2.24, 2.45) is 0 Å². The quantitative estimate of drug-likeness (QED) is 0.241. The predicted octanol–water partition coefficient (Wildman–Crippen LogP) is 3.69. The largest absolute Gasteiger partial charge is 0.491 e. The van der Waals surface area contributed by atoms with Crippen molar-refractivity contribution in [2.45, 2.75) is 30.6 Å². The maximum Gasteiger partial charge on any atom is 0.419 e. The molecule has 1 aliphatic rings. The van der Waals surface area contributed by atoms with Crippen LogP contribution in [-0.4, -0.2) is 54.1 Å². The first kappa shape index (κ1) is 26.7. The molecule has 1 fully saturated rings. The van der Waals surface area contributed by atoms with E-state index in [4.69, 9.17) is 20.9 Å². The van der Waals surface area contributed by atoms with Crippen LogP contribution in [0, 0.1) is 0 Å². The maximum absolute atomic E-state index is 13.8. The molecule has 4 aromatic rings. The van der Waals surface area contributed by atoms with Gasteiger partial charge in [0.15, 0.2) is 5.65 Å². The maximum atomic E-state index is 13.8. The number of nitrogens with one attached hydrogen (secondary N) is 1. The Morgan fingerprint density at radius 1 is 1.13 bits per heavy atom. The van der Waals surface area contributed by atoms with Gasteiger partial charge in [0.1, 0.15) is 18.1 Å². The van der Waals surface area contributed by atoms with E-state index in [1.165, 1.54) is 6.07 Å². The number of hydrogen-bond acceptors (Lipinski definition) is 8. The lowest BCUT2D eigenvalue weighted by molar-refractivity contribution is -0.176. The van der Waals surface area contributed by atoms with Gasteiger partial charge < -0.3 is 29.2 Å². The summed E-state index contributed by atoms with van der Waals surface area (Å²) in [6, 6.07) is 2.62. The molecular weight excluding hydrogens is 564 g/mol. The molecule has 17 heteroatoms. The second-order valence-corrected chi connectivity index (χ2v) is 8.97. The molecule has 1 atom stereocenters. The molecule has 4 heterocycles. The first-order valence-electron chi connectivity index (χ1n) is 10.8. The van der Waals surface area contributed by atoms with Crippen molar-refractivity contribution < 1.29 is 50.6 Å². The predicted molar refractivity (Wildman–Crippen MR) is 118 cm³/mol.